The number of aliphatic carboxylic acids is 1. The first-order valence-electron chi connectivity index (χ1n) is 17.8. The third-order valence-corrected chi connectivity index (χ3v) is 9.09. The number of piperidine rings is 1. The van der Waals surface area contributed by atoms with Crippen LogP contribution in [0.1, 0.15) is 63.5 Å². The number of nitrogens with zero attached hydrogens (tertiary/aromatic N) is 2. The van der Waals surface area contributed by atoms with Gasteiger partial charge in [0.15, 0.2) is 5.96 Å². The van der Waals surface area contributed by atoms with Gasteiger partial charge in [-0.05, 0) is 62.0 Å². The van der Waals surface area contributed by atoms with Crippen molar-refractivity contribution in [3.05, 3.63) is 71.8 Å². The lowest BCUT2D eigenvalue weighted by Gasteiger charge is -2.38. The molecular formula is C37H55N9O6. The van der Waals surface area contributed by atoms with E-state index in [0.717, 1.165) is 11.1 Å². The van der Waals surface area contributed by atoms with Gasteiger partial charge in [-0.25, -0.2) is 0 Å². The van der Waals surface area contributed by atoms with E-state index in [9.17, 15) is 29.1 Å². The van der Waals surface area contributed by atoms with Crippen LogP contribution in [-0.4, -0.2) is 94.9 Å². The molecule has 0 radical (unpaired) electrons. The van der Waals surface area contributed by atoms with Crippen molar-refractivity contribution in [2.75, 3.05) is 19.6 Å². The van der Waals surface area contributed by atoms with Crippen LogP contribution in [-0.2, 0) is 36.8 Å². The van der Waals surface area contributed by atoms with Crippen LogP contribution in [0.25, 0.3) is 0 Å². The van der Waals surface area contributed by atoms with E-state index < -0.39 is 53.4 Å². The molecule has 1 fully saturated rings. The number of carbonyl (C=O) groups is 5. The summed E-state index contributed by atoms with van der Waals surface area (Å²) in [6, 6.07) is 14.5. The predicted molar refractivity (Wildman–Crippen MR) is 198 cm³/mol. The van der Waals surface area contributed by atoms with Gasteiger partial charge in [-0.15, -0.1) is 0 Å². The molecule has 0 saturated carbocycles. The summed E-state index contributed by atoms with van der Waals surface area (Å²) < 4.78 is 0. The number of unbranched alkanes of at least 4 members (excludes halogenated alkanes) is 1. The maximum atomic E-state index is 13.9. The number of amides is 4. The molecule has 3 rings (SSSR count). The quantitative estimate of drug-likeness (QED) is 0.0553. The number of likely N-dealkylation sites (tertiary alicyclic amines) is 1. The molecule has 15 heteroatoms. The Labute approximate surface area is 305 Å². The molecule has 0 unspecified atom stereocenters. The van der Waals surface area contributed by atoms with Crippen LogP contribution in [0.5, 0.6) is 0 Å². The number of hydrogen-bond donors (Lipinski definition) is 8. The lowest BCUT2D eigenvalue weighted by molar-refractivity contribution is -0.148. The zero-order chi connectivity index (χ0) is 38.3. The van der Waals surface area contributed by atoms with Gasteiger partial charge >= 0.3 is 5.97 Å². The second kappa shape index (κ2) is 20.1. The molecule has 12 N–H and O–H groups in total. The Kier molecular flexibility index (Phi) is 16.0. The molecule has 1 heterocycles. The number of carbonyl (C=O) groups excluding carboxylic acids is 4. The lowest BCUT2D eigenvalue weighted by atomic mass is 9.88. The average molecular weight is 722 g/mol. The maximum Gasteiger partial charge on any atom is 0.323 e. The predicted octanol–water partition coefficient (Wildman–Crippen LogP) is 0.148. The van der Waals surface area contributed by atoms with Crippen molar-refractivity contribution in [3.63, 3.8) is 0 Å². The van der Waals surface area contributed by atoms with Crippen molar-refractivity contribution in [1.29, 1.82) is 0 Å². The van der Waals surface area contributed by atoms with Gasteiger partial charge in [0.2, 0.25) is 23.6 Å². The lowest BCUT2D eigenvalue weighted by Crippen LogP contribution is -2.60. The number of carboxylic acids is 1. The van der Waals surface area contributed by atoms with Crippen LogP contribution in [0.2, 0.25) is 0 Å². The molecule has 0 aromatic heterocycles. The number of nitrogens with one attached hydrogen (secondary N) is 3. The highest BCUT2D eigenvalue weighted by Crippen LogP contribution is 2.21. The van der Waals surface area contributed by atoms with E-state index >= 15 is 0 Å². The van der Waals surface area contributed by atoms with Crippen LogP contribution in [0.3, 0.4) is 0 Å². The molecule has 52 heavy (non-hydrogen) atoms. The average Bonchev–Trinajstić information content (AvgIpc) is 3.10. The number of carboxylic acid groups (broad SMARTS) is 1. The summed E-state index contributed by atoms with van der Waals surface area (Å²) in [6.07, 6.45) is 2.09. The second-order valence-corrected chi connectivity index (χ2v) is 13.9. The van der Waals surface area contributed by atoms with Crippen molar-refractivity contribution in [3.8, 4) is 0 Å². The summed E-state index contributed by atoms with van der Waals surface area (Å²) in [6.45, 7) is 4.37. The molecule has 0 aliphatic carbocycles. The number of benzene rings is 2. The molecule has 0 spiro atoms. The summed E-state index contributed by atoms with van der Waals surface area (Å²) >= 11 is 0. The molecule has 1 saturated heterocycles. The Morgan fingerprint density at radius 1 is 0.788 bits per heavy atom. The summed E-state index contributed by atoms with van der Waals surface area (Å²) in [7, 11) is 0. The van der Waals surface area contributed by atoms with Crippen molar-refractivity contribution in [2.24, 2.45) is 33.8 Å². The van der Waals surface area contributed by atoms with E-state index in [1.54, 1.807) is 0 Å². The zero-order valence-electron chi connectivity index (χ0n) is 30.1. The molecule has 15 nitrogen and oxygen atoms in total. The van der Waals surface area contributed by atoms with Gasteiger partial charge in [0.05, 0.1) is 6.04 Å². The van der Waals surface area contributed by atoms with Gasteiger partial charge in [-0.1, -0.05) is 74.5 Å². The minimum atomic E-state index is -1.43. The smallest absolute Gasteiger partial charge is 0.323 e. The van der Waals surface area contributed by atoms with Crippen LogP contribution < -0.4 is 38.9 Å². The summed E-state index contributed by atoms with van der Waals surface area (Å²) in [5.74, 6) is -3.23. The van der Waals surface area contributed by atoms with Crippen molar-refractivity contribution in [1.82, 2.24) is 20.9 Å². The number of aliphatic imine (C=N–C) groups is 1. The van der Waals surface area contributed by atoms with Crippen LogP contribution in [0.4, 0.5) is 0 Å². The molecule has 1 aliphatic rings. The first kappa shape index (κ1) is 41.4. The molecule has 2 aromatic rings. The Bertz CT molecular complexity index is 1510. The highest BCUT2D eigenvalue weighted by molar-refractivity contribution is 5.95. The molecule has 284 valence electrons. The van der Waals surface area contributed by atoms with Gasteiger partial charge in [-0.3, -0.25) is 29.0 Å². The van der Waals surface area contributed by atoms with E-state index in [-0.39, 0.29) is 69.4 Å². The number of nitrogens with two attached hydrogens (primary N) is 4. The topological polar surface area (TPSA) is 261 Å². The first-order valence-corrected chi connectivity index (χ1v) is 17.8. The van der Waals surface area contributed by atoms with Gasteiger partial charge < -0.3 is 48.9 Å². The van der Waals surface area contributed by atoms with Crippen LogP contribution in [0.15, 0.2) is 65.7 Å². The van der Waals surface area contributed by atoms with Gasteiger partial charge in [0.1, 0.15) is 23.7 Å². The Morgan fingerprint density at radius 3 is 1.85 bits per heavy atom. The summed E-state index contributed by atoms with van der Waals surface area (Å²) in [5.41, 5.74) is 23.4. The molecular weight excluding hydrogens is 666 g/mol. The molecule has 2 aromatic carbocycles. The minimum absolute atomic E-state index is 0.0259. The molecule has 0 bridgehead atoms. The van der Waals surface area contributed by atoms with Crippen molar-refractivity contribution >= 4 is 35.6 Å². The zero-order valence-corrected chi connectivity index (χ0v) is 30.1. The van der Waals surface area contributed by atoms with Gasteiger partial charge in [0.25, 0.3) is 0 Å². The van der Waals surface area contributed by atoms with Crippen molar-refractivity contribution in [2.45, 2.75) is 94.9 Å². The van der Waals surface area contributed by atoms with E-state index in [0.29, 0.717) is 19.4 Å². The normalized spacial score (nSPS) is 16.1. The van der Waals surface area contributed by atoms with E-state index in [1.807, 2.05) is 74.5 Å². The summed E-state index contributed by atoms with van der Waals surface area (Å²) in [5, 5.41) is 18.0. The maximum absolute atomic E-state index is 13.9. The highest BCUT2D eigenvalue weighted by atomic mass is 16.4. The number of guanidine groups is 1. The molecule has 4 amide bonds. The minimum Gasteiger partial charge on any atom is -0.480 e. The highest BCUT2D eigenvalue weighted by Gasteiger charge is 2.40. The Morgan fingerprint density at radius 2 is 1.31 bits per heavy atom. The fourth-order valence-corrected chi connectivity index (χ4v) is 6.03. The van der Waals surface area contributed by atoms with Crippen molar-refractivity contribution < 1.29 is 29.1 Å². The van der Waals surface area contributed by atoms with Gasteiger partial charge in [-0.2, -0.15) is 0 Å². The fourth-order valence-electron chi connectivity index (χ4n) is 6.03. The second-order valence-electron chi connectivity index (χ2n) is 13.9. The van der Waals surface area contributed by atoms with E-state index in [4.69, 9.17) is 22.9 Å². The molecule has 4 atom stereocenters. The Balaban J connectivity index is 1.78. The van der Waals surface area contributed by atoms with E-state index in [2.05, 4.69) is 20.9 Å². The Hall–Kier alpha value is -5.02. The first-order chi connectivity index (χ1) is 24.7. The third-order valence-electron chi connectivity index (χ3n) is 9.09. The third kappa shape index (κ3) is 13.3. The number of rotatable bonds is 19. The summed E-state index contributed by atoms with van der Waals surface area (Å²) in [4.78, 5) is 72.1. The monoisotopic (exact) mass is 721 g/mol. The SMILES string of the molecule is CC(C)C[C@@H](NC(=O)[C@@H](Cc1ccccc1)NC(=O)[C@H](N)Cc1ccccc1)C(=O)N[C@H](CCCCN=C(N)N)C(=O)N1CCC(N)(C(=O)O)CC1. The van der Waals surface area contributed by atoms with E-state index in [1.165, 1.54) is 4.90 Å². The number of hydrogen-bond acceptors (Lipinski definition) is 8. The van der Waals surface area contributed by atoms with Crippen LogP contribution in [0, 0.1) is 5.92 Å². The van der Waals surface area contributed by atoms with Crippen LogP contribution >= 0.6 is 0 Å². The van der Waals surface area contributed by atoms with Gasteiger partial charge in [0, 0.05) is 26.1 Å². The molecule has 1 aliphatic heterocycles. The standard InChI is InChI=1S/C37H55N9O6/c1-24(2)21-29(32(48)43-28(15-9-10-18-42-36(39)40)34(50)46-19-16-37(41,17-20-46)35(51)52)45-33(49)30(23-26-13-7-4-8-14-26)44-31(47)27(38)22-25-11-5-3-6-12-25/h3-8,11-14,24,27-30H,9-10,15-23,38,41H2,1-2H3,(H,43,48)(H,44,47)(H,45,49)(H,51,52)(H4,39,40,42)/t27-,28-,29-,30-/m1/s1. The fraction of sp³-hybridized carbons (Fsp3) is 0.514. The largest absolute Gasteiger partial charge is 0.480 e.